The molecule has 0 saturated heterocycles. The number of hydrogen-bond donors (Lipinski definition) is 1. The number of methoxy groups -OCH3 is 1. The number of carbonyl (C=O) groups is 1. The van der Waals surface area contributed by atoms with Crippen molar-refractivity contribution in [2.45, 2.75) is 6.42 Å². The Morgan fingerprint density at radius 2 is 2.31 bits per heavy atom. The van der Waals surface area contributed by atoms with Gasteiger partial charge in [-0.2, -0.15) is 0 Å². The zero-order chi connectivity index (χ0) is 9.84. The largest absolute Gasteiger partial charge is 0.505 e. The first-order chi connectivity index (χ1) is 6.13. The molecule has 1 rings (SSSR count). The van der Waals surface area contributed by atoms with Crippen molar-refractivity contribution in [3.63, 3.8) is 0 Å². The van der Waals surface area contributed by atoms with Gasteiger partial charge in [0.05, 0.1) is 13.5 Å². The molecule has 0 aliphatic carbocycles. The standard InChI is InChI=1S/C9H9FO3/c1-13-9(12)5-6-2-3-7(10)8(11)4-6/h2-4,11H,5H2,1H3. The van der Waals surface area contributed by atoms with Crippen molar-refractivity contribution in [1.29, 1.82) is 0 Å². The second-order valence-electron chi connectivity index (χ2n) is 2.54. The van der Waals surface area contributed by atoms with E-state index in [4.69, 9.17) is 5.11 Å². The average Bonchev–Trinajstić information content (AvgIpc) is 2.11. The van der Waals surface area contributed by atoms with E-state index in [2.05, 4.69) is 4.74 Å². The average molecular weight is 184 g/mol. The van der Waals surface area contributed by atoms with Crippen molar-refractivity contribution in [1.82, 2.24) is 0 Å². The lowest BCUT2D eigenvalue weighted by Gasteiger charge is -2.00. The molecule has 0 amide bonds. The van der Waals surface area contributed by atoms with Crippen molar-refractivity contribution < 1.29 is 19.0 Å². The Hall–Kier alpha value is -1.58. The second-order valence-corrected chi connectivity index (χ2v) is 2.54. The maximum absolute atomic E-state index is 12.6. The number of ether oxygens (including phenoxy) is 1. The van der Waals surface area contributed by atoms with Crippen LogP contribution in [0.15, 0.2) is 18.2 Å². The molecule has 0 atom stereocenters. The number of benzene rings is 1. The van der Waals surface area contributed by atoms with Crippen LogP contribution in [-0.2, 0) is 16.0 Å². The van der Waals surface area contributed by atoms with E-state index in [-0.39, 0.29) is 6.42 Å². The molecule has 1 aromatic rings. The third kappa shape index (κ3) is 2.43. The zero-order valence-electron chi connectivity index (χ0n) is 7.08. The number of rotatable bonds is 2. The highest BCUT2D eigenvalue weighted by atomic mass is 19.1. The Morgan fingerprint density at radius 1 is 1.62 bits per heavy atom. The molecule has 0 saturated carbocycles. The lowest BCUT2D eigenvalue weighted by molar-refractivity contribution is -0.139. The van der Waals surface area contributed by atoms with Gasteiger partial charge >= 0.3 is 5.97 Å². The Labute approximate surface area is 74.8 Å². The van der Waals surface area contributed by atoms with E-state index in [0.29, 0.717) is 5.56 Å². The molecule has 3 nitrogen and oxygen atoms in total. The second kappa shape index (κ2) is 3.89. The summed E-state index contributed by atoms with van der Waals surface area (Å²) >= 11 is 0. The van der Waals surface area contributed by atoms with Gasteiger partial charge in [0.25, 0.3) is 0 Å². The Morgan fingerprint density at radius 3 is 2.85 bits per heavy atom. The number of carbonyl (C=O) groups excluding carboxylic acids is 1. The predicted molar refractivity (Wildman–Crippen MR) is 43.8 cm³/mol. The maximum Gasteiger partial charge on any atom is 0.309 e. The predicted octanol–water partition coefficient (Wildman–Crippen LogP) is 1.25. The number of phenols is 1. The summed E-state index contributed by atoms with van der Waals surface area (Å²) in [4.78, 5) is 10.8. The van der Waals surface area contributed by atoms with Crippen molar-refractivity contribution in [3.05, 3.63) is 29.6 Å². The fraction of sp³-hybridized carbons (Fsp3) is 0.222. The Bertz CT molecular complexity index is 323. The molecule has 0 aliphatic heterocycles. The molecule has 0 aromatic heterocycles. The van der Waals surface area contributed by atoms with Gasteiger partial charge in [0.1, 0.15) is 0 Å². The number of hydrogen-bond acceptors (Lipinski definition) is 3. The van der Waals surface area contributed by atoms with E-state index in [1.54, 1.807) is 0 Å². The van der Waals surface area contributed by atoms with Crippen molar-refractivity contribution in [2.24, 2.45) is 0 Å². The molecule has 0 unspecified atom stereocenters. The van der Waals surface area contributed by atoms with Gasteiger partial charge in [-0.1, -0.05) is 6.07 Å². The molecule has 0 aliphatic rings. The number of esters is 1. The highest BCUT2D eigenvalue weighted by molar-refractivity contribution is 5.72. The van der Waals surface area contributed by atoms with Crippen LogP contribution >= 0.6 is 0 Å². The lowest BCUT2D eigenvalue weighted by Crippen LogP contribution is -2.04. The molecule has 0 heterocycles. The van der Waals surface area contributed by atoms with Crippen molar-refractivity contribution in [2.75, 3.05) is 7.11 Å². The van der Waals surface area contributed by atoms with Gasteiger partial charge in [-0.15, -0.1) is 0 Å². The molecule has 0 radical (unpaired) electrons. The van der Waals surface area contributed by atoms with Crippen LogP contribution in [0.25, 0.3) is 0 Å². The quantitative estimate of drug-likeness (QED) is 0.703. The molecule has 0 bridgehead atoms. The third-order valence-corrected chi connectivity index (χ3v) is 1.59. The van der Waals surface area contributed by atoms with Crippen LogP contribution in [-0.4, -0.2) is 18.2 Å². The Balaban J connectivity index is 2.79. The molecular formula is C9H9FO3. The highest BCUT2D eigenvalue weighted by Crippen LogP contribution is 2.16. The number of halogens is 1. The van der Waals surface area contributed by atoms with Gasteiger partial charge in [-0.3, -0.25) is 4.79 Å². The molecule has 1 aromatic carbocycles. The molecule has 0 fully saturated rings. The van der Waals surface area contributed by atoms with Crippen LogP contribution in [0.1, 0.15) is 5.56 Å². The van der Waals surface area contributed by atoms with E-state index < -0.39 is 17.5 Å². The topological polar surface area (TPSA) is 46.5 Å². The molecule has 13 heavy (non-hydrogen) atoms. The minimum atomic E-state index is -0.700. The van der Waals surface area contributed by atoms with Gasteiger partial charge in [0.2, 0.25) is 0 Å². The van der Waals surface area contributed by atoms with E-state index in [0.717, 1.165) is 6.07 Å². The normalized spacial score (nSPS) is 9.69. The zero-order valence-corrected chi connectivity index (χ0v) is 7.08. The fourth-order valence-electron chi connectivity index (χ4n) is 0.907. The number of phenolic OH excluding ortho intramolecular Hbond substituents is 1. The van der Waals surface area contributed by atoms with E-state index in [9.17, 15) is 9.18 Å². The van der Waals surface area contributed by atoms with Crippen LogP contribution in [0.2, 0.25) is 0 Å². The van der Waals surface area contributed by atoms with Gasteiger partial charge in [0.15, 0.2) is 11.6 Å². The first kappa shape index (κ1) is 9.51. The smallest absolute Gasteiger partial charge is 0.309 e. The first-order valence-electron chi connectivity index (χ1n) is 3.67. The SMILES string of the molecule is COC(=O)Cc1ccc(F)c(O)c1. The first-order valence-corrected chi connectivity index (χ1v) is 3.67. The van der Waals surface area contributed by atoms with E-state index in [1.165, 1.54) is 19.2 Å². The van der Waals surface area contributed by atoms with Crippen molar-refractivity contribution >= 4 is 5.97 Å². The van der Waals surface area contributed by atoms with Crippen LogP contribution in [0.3, 0.4) is 0 Å². The summed E-state index contributed by atoms with van der Waals surface area (Å²) < 4.78 is 17.0. The molecular weight excluding hydrogens is 175 g/mol. The minimum Gasteiger partial charge on any atom is -0.505 e. The number of aromatic hydroxyl groups is 1. The molecule has 0 spiro atoms. The summed E-state index contributed by atoms with van der Waals surface area (Å²) in [6, 6.07) is 3.73. The van der Waals surface area contributed by atoms with Gasteiger partial charge in [0, 0.05) is 0 Å². The third-order valence-electron chi connectivity index (χ3n) is 1.59. The fourth-order valence-corrected chi connectivity index (χ4v) is 0.907. The summed E-state index contributed by atoms with van der Waals surface area (Å²) in [5, 5.41) is 8.96. The highest BCUT2D eigenvalue weighted by Gasteiger charge is 2.05. The van der Waals surface area contributed by atoms with Gasteiger partial charge in [-0.25, -0.2) is 4.39 Å². The summed E-state index contributed by atoms with van der Waals surface area (Å²) in [6.45, 7) is 0. The molecule has 70 valence electrons. The van der Waals surface area contributed by atoms with E-state index >= 15 is 0 Å². The minimum absolute atomic E-state index is 0.0321. The lowest BCUT2D eigenvalue weighted by atomic mass is 10.1. The van der Waals surface area contributed by atoms with Gasteiger partial charge < -0.3 is 9.84 Å². The Kier molecular flexibility index (Phi) is 2.84. The summed E-state index contributed by atoms with van der Waals surface area (Å²) in [5.74, 6) is -1.58. The van der Waals surface area contributed by atoms with Gasteiger partial charge in [-0.05, 0) is 17.7 Å². The summed E-state index contributed by atoms with van der Waals surface area (Å²) in [5.41, 5.74) is 0.519. The molecule has 4 heteroatoms. The van der Waals surface area contributed by atoms with Crippen LogP contribution in [0.5, 0.6) is 5.75 Å². The van der Waals surface area contributed by atoms with Crippen LogP contribution < -0.4 is 0 Å². The van der Waals surface area contributed by atoms with Crippen molar-refractivity contribution in [3.8, 4) is 5.75 Å². The maximum atomic E-state index is 12.6. The monoisotopic (exact) mass is 184 g/mol. The van der Waals surface area contributed by atoms with Crippen LogP contribution in [0.4, 0.5) is 4.39 Å². The molecule has 1 N–H and O–H groups in total. The van der Waals surface area contributed by atoms with E-state index in [1.807, 2.05) is 0 Å². The summed E-state index contributed by atoms with van der Waals surface area (Å²) in [7, 11) is 1.27. The van der Waals surface area contributed by atoms with Crippen LogP contribution in [0, 0.1) is 5.82 Å². The summed E-state index contributed by atoms with van der Waals surface area (Å²) in [6.07, 6.45) is 0.0321.